The normalized spacial score (nSPS) is 15.2. The fourth-order valence-electron chi connectivity index (χ4n) is 3.87. The Morgan fingerprint density at radius 2 is 2.07 bits per heavy atom. The molecule has 1 amide bonds. The number of nitrogens with zero attached hydrogens (tertiary/aromatic N) is 6. The Morgan fingerprint density at radius 3 is 2.77 bits per heavy atom. The van der Waals surface area contributed by atoms with Gasteiger partial charge in [0, 0.05) is 45.0 Å². The van der Waals surface area contributed by atoms with Crippen molar-refractivity contribution in [1.29, 1.82) is 0 Å². The number of fused-ring (bicyclic) bond motifs is 1. The van der Waals surface area contributed by atoms with Crippen LogP contribution in [0.3, 0.4) is 0 Å². The Bertz CT molecular complexity index is 1190. The Labute approximate surface area is 172 Å². The molecule has 0 unspecified atom stereocenters. The van der Waals surface area contributed by atoms with E-state index in [0.29, 0.717) is 41.1 Å². The van der Waals surface area contributed by atoms with Crippen LogP contribution in [-0.2, 0) is 13.6 Å². The second-order valence-corrected chi connectivity index (χ2v) is 7.55. The molecule has 1 aliphatic rings. The zero-order chi connectivity index (χ0) is 20.7. The van der Waals surface area contributed by atoms with Gasteiger partial charge in [0.25, 0.3) is 11.6 Å². The van der Waals surface area contributed by atoms with Gasteiger partial charge in [-0.2, -0.15) is 5.10 Å². The van der Waals surface area contributed by atoms with Crippen LogP contribution in [0.15, 0.2) is 45.8 Å². The number of aromatic nitrogens is 4. The SMILES string of the molecule is Cc1noc2nc(-c3cnn(C)c3)cc(C(=O)N3CCN(Cc4ccco4)CC3)c12. The van der Waals surface area contributed by atoms with E-state index < -0.39 is 0 Å². The van der Waals surface area contributed by atoms with Gasteiger partial charge in [-0.1, -0.05) is 5.16 Å². The quantitative estimate of drug-likeness (QED) is 0.514. The van der Waals surface area contributed by atoms with Crippen LogP contribution in [-0.4, -0.2) is 61.8 Å². The van der Waals surface area contributed by atoms with E-state index in [1.807, 2.05) is 43.3 Å². The third-order valence-electron chi connectivity index (χ3n) is 5.47. The molecule has 0 spiro atoms. The van der Waals surface area contributed by atoms with Gasteiger partial charge in [-0.15, -0.1) is 0 Å². The van der Waals surface area contributed by atoms with Gasteiger partial charge in [0.1, 0.15) is 5.76 Å². The Kier molecular flexibility index (Phi) is 4.59. The van der Waals surface area contributed by atoms with Crippen molar-refractivity contribution in [3.05, 3.63) is 53.9 Å². The van der Waals surface area contributed by atoms with Crippen LogP contribution in [0, 0.1) is 6.92 Å². The highest BCUT2D eigenvalue weighted by Crippen LogP contribution is 2.28. The van der Waals surface area contributed by atoms with Gasteiger partial charge in [-0.25, -0.2) is 4.98 Å². The van der Waals surface area contributed by atoms with E-state index in [0.717, 1.165) is 31.0 Å². The molecule has 0 aromatic carbocycles. The molecule has 1 aliphatic heterocycles. The largest absolute Gasteiger partial charge is 0.468 e. The summed E-state index contributed by atoms with van der Waals surface area (Å²) in [4.78, 5) is 22.2. The lowest BCUT2D eigenvalue weighted by Gasteiger charge is -2.34. The molecule has 0 saturated carbocycles. The molecule has 0 atom stereocenters. The number of piperazine rings is 1. The zero-order valence-electron chi connectivity index (χ0n) is 16.9. The molecule has 0 aliphatic carbocycles. The van der Waals surface area contributed by atoms with Crippen molar-refractivity contribution in [3.8, 4) is 11.3 Å². The highest BCUT2D eigenvalue weighted by atomic mass is 16.5. The summed E-state index contributed by atoms with van der Waals surface area (Å²) in [6.07, 6.45) is 5.27. The van der Waals surface area contributed by atoms with E-state index in [1.54, 1.807) is 17.1 Å². The number of hydrogen-bond acceptors (Lipinski definition) is 7. The summed E-state index contributed by atoms with van der Waals surface area (Å²) in [5.74, 6) is 0.906. The van der Waals surface area contributed by atoms with E-state index in [1.165, 1.54) is 0 Å². The van der Waals surface area contributed by atoms with Crippen molar-refractivity contribution in [2.45, 2.75) is 13.5 Å². The molecule has 0 radical (unpaired) electrons. The number of carbonyl (C=O) groups excluding carboxylic acids is 1. The second-order valence-electron chi connectivity index (χ2n) is 7.55. The number of carbonyl (C=O) groups is 1. The van der Waals surface area contributed by atoms with Gasteiger partial charge in [0.2, 0.25) is 0 Å². The molecule has 154 valence electrons. The standard InChI is InChI=1S/C21H22N6O3/c1-14-19-17(10-18(23-20(19)30-24-14)15-11-22-25(2)12-15)21(28)27-7-5-26(6-8-27)13-16-4-3-9-29-16/h3-4,9-12H,5-8,13H2,1-2H3. The van der Waals surface area contributed by atoms with Crippen molar-refractivity contribution < 1.29 is 13.7 Å². The van der Waals surface area contributed by atoms with E-state index in [4.69, 9.17) is 8.94 Å². The first kappa shape index (κ1) is 18.6. The topological polar surface area (TPSA) is 93.4 Å². The molecule has 1 saturated heterocycles. The van der Waals surface area contributed by atoms with Crippen molar-refractivity contribution >= 4 is 17.0 Å². The smallest absolute Gasteiger partial charge is 0.259 e. The highest BCUT2D eigenvalue weighted by molar-refractivity contribution is 6.07. The molecule has 4 aromatic heterocycles. The summed E-state index contributed by atoms with van der Waals surface area (Å²) in [5, 5.41) is 8.91. The first-order valence-corrected chi connectivity index (χ1v) is 9.88. The van der Waals surface area contributed by atoms with Crippen LogP contribution in [0.4, 0.5) is 0 Å². The minimum absolute atomic E-state index is 0.0310. The predicted octanol–water partition coefficient (Wildman–Crippen LogP) is 2.48. The number of furan rings is 1. The van der Waals surface area contributed by atoms with Crippen LogP contribution in [0.5, 0.6) is 0 Å². The fourth-order valence-corrected chi connectivity index (χ4v) is 3.87. The number of amides is 1. The zero-order valence-corrected chi connectivity index (χ0v) is 16.9. The van der Waals surface area contributed by atoms with Crippen molar-refractivity contribution in [2.24, 2.45) is 7.05 Å². The van der Waals surface area contributed by atoms with Crippen LogP contribution < -0.4 is 0 Å². The summed E-state index contributed by atoms with van der Waals surface area (Å²) in [7, 11) is 1.84. The lowest BCUT2D eigenvalue weighted by molar-refractivity contribution is 0.0622. The highest BCUT2D eigenvalue weighted by Gasteiger charge is 2.27. The predicted molar refractivity (Wildman–Crippen MR) is 109 cm³/mol. The minimum Gasteiger partial charge on any atom is -0.468 e. The van der Waals surface area contributed by atoms with E-state index in [9.17, 15) is 4.79 Å². The maximum atomic E-state index is 13.4. The molecule has 9 nitrogen and oxygen atoms in total. The molecule has 5 heterocycles. The Balaban J connectivity index is 1.41. The van der Waals surface area contributed by atoms with Crippen molar-refractivity contribution in [1.82, 2.24) is 29.7 Å². The Hall–Kier alpha value is -3.46. The molecule has 1 fully saturated rings. The van der Waals surface area contributed by atoms with Gasteiger partial charge in [-0.05, 0) is 25.1 Å². The molecule has 0 bridgehead atoms. The summed E-state index contributed by atoms with van der Waals surface area (Å²) in [5.41, 5.74) is 3.07. The number of aryl methyl sites for hydroxylation is 2. The summed E-state index contributed by atoms with van der Waals surface area (Å²) < 4.78 is 12.5. The first-order valence-electron chi connectivity index (χ1n) is 9.88. The van der Waals surface area contributed by atoms with Crippen LogP contribution >= 0.6 is 0 Å². The van der Waals surface area contributed by atoms with E-state index in [-0.39, 0.29) is 5.91 Å². The van der Waals surface area contributed by atoms with Crippen LogP contribution in [0.1, 0.15) is 21.8 Å². The van der Waals surface area contributed by atoms with E-state index in [2.05, 4.69) is 20.1 Å². The molecular weight excluding hydrogens is 384 g/mol. The van der Waals surface area contributed by atoms with Crippen LogP contribution in [0.25, 0.3) is 22.4 Å². The number of pyridine rings is 1. The molecular formula is C21H22N6O3. The second kappa shape index (κ2) is 7.42. The molecule has 0 N–H and O–H groups in total. The maximum Gasteiger partial charge on any atom is 0.259 e. The maximum absolute atomic E-state index is 13.4. The van der Waals surface area contributed by atoms with E-state index >= 15 is 0 Å². The Morgan fingerprint density at radius 1 is 1.23 bits per heavy atom. The third kappa shape index (κ3) is 3.37. The lowest BCUT2D eigenvalue weighted by Crippen LogP contribution is -2.48. The van der Waals surface area contributed by atoms with Crippen molar-refractivity contribution in [3.63, 3.8) is 0 Å². The molecule has 30 heavy (non-hydrogen) atoms. The van der Waals surface area contributed by atoms with Gasteiger partial charge >= 0.3 is 0 Å². The number of rotatable bonds is 4. The molecule has 9 heteroatoms. The third-order valence-corrected chi connectivity index (χ3v) is 5.47. The van der Waals surface area contributed by atoms with Gasteiger partial charge in [-0.3, -0.25) is 14.4 Å². The summed E-state index contributed by atoms with van der Waals surface area (Å²) in [6, 6.07) is 5.69. The van der Waals surface area contributed by atoms with Gasteiger partial charge < -0.3 is 13.8 Å². The lowest BCUT2D eigenvalue weighted by atomic mass is 10.1. The molecule has 5 rings (SSSR count). The average molecular weight is 406 g/mol. The summed E-state index contributed by atoms with van der Waals surface area (Å²) >= 11 is 0. The first-order chi connectivity index (χ1) is 14.6. The molecule has 4 aromatic rings. The monoisotopic (exact) mass is 406 g/mol. The van der Waals surface area contributed by atoms with Gasteiger partial charge in [0.15, 0.2) is 0 Å². The minimum atomic E-state index is -0.0310. The summed E-state index contributed by atoms with van der Waals surface area (Å²) in [6.45, 7) is 5.46. The number of hydrogen-bond donors (Lipinski definition) is 0. The van der Waals surface area contributed by atoms with Gasteiger partial charge in [0.05, 0.1) is 41.3 Å². The van der Waals surface area contributed by atoms with Crippen molar-refractivity contribution in [2.75, 3.05) is 26.2 Å². The van der Waals surface area contributed by atoms with Crippen LogP contribution in [0.2, 0.25) is 0 Å². The average Bonchev–Trinajstić information content (AvgIpc) is 3.50. The fraction of sp³-hybridized carbons (Fsp3) is 0.333.